The lowest BCUT2D eigenvalue weighted by Crippen LogP contribution is -2.45. The number of rotatable bonds is 2. The summed E-state index contributed by atoms with van der Waals surface area (Å²) >= 11 is 6.12. The number of nitrogens with one attached hydrogen (secondary N) is 2. The van der Waals surface area contributed by atoms with Gasteiger partial charge in [-0.25, -0.2) is 0 Å². The van der Waals surface area contributed by atoms with Crippen LogP contribution in [0.4, 0.5) is 0 Å². The fourth-order valence-corrected chi connectivity index (χ4v) is 2.83. The highest BCUT2D eigenvalue weighted by molar-refractivity contribution is 6.32. The number of hydrogen-bond acceptors (Lipinski definition) is 4. The topological polar surface area (TPSA) is 76.7 Å². The van der Waals surface area contributed by atoms with Gasteiger partial charge in [0.15, 0.2) is 11.5 Å². The van der Waals surface area contributed by atoms with Crippen LogP contribution < -0.4 is 20.1 Å². The number of ether oxygens (including phenoxy) is 2. The Bertz CT molecular complexity index is 605. The summed E-state index contributed by atoms with van der Waals surface area (Å²) in [6, 6.07) is 2.60. The van der Waals surface area contributed by atoms with Crippen molar-refractivity contribution < 1.29 is 19.1 Å². The molecular weight excluding hydrogens is 308 g/mol. The fourth-order valence-electron chi connectivity index (χ4n) is 2.56. The second kappa shape index (κ2) is 6.44. The lowest BCUT2D eigenvalue weighted by Gasteiger charge is -2.21. The van der Waals surface area contributed by atoms with Crippen molar-refractivity contribution in [2.75, 3.05) is 19.8 Å². The molecule has 2 heterocycles. The molecule has 6 nitrogen and oxygen atoms in total. The van der Waals surface area contributed by atoms with Crippen LogP contribution in [0.1, 0.15) is 29.6 Å². The molecule has 3 rings (SSSR count). The molecule has 2 aliphatic heterocycles. The molecule has 1 atom stereocenters. The van der Waals surface area contributed by atoms with Crippen molar-refractivity contribution in [2.45, 2.75) is 25.3 Å². The molecule has 0 saturated carbocycles. The van der Waals surface area contributed by atoms with E-state index in [9.17, 15) is 9.59 Å². The average Bonchev–Trinajstić information content (AvgIpc) is 2.72. The van der Waals surface area contributed by atoms with E-state index >= 15 is 0 Å². The van der Waals surface area contributed by atoms with Crippen molar-refractivity contribution in [3.63, 3.8) is 0 Å². The first kappa shape index (κ1) is 15.0. The highest BCUT2D eigenvalue weighted by atomic mass is 35.5. The van der Waals surface area contributed by atoms with Crippen LogP contribution >= 0.6 is 11.6 Å². The van der Waals surface area contributed by atoms with Crippen LogP contribution in [0, 0.1) is 0 Å². The molecule has 0 radical (unpaired) electrons. The SMILES string of the molecule is O=C(NC1CCCCNC1=O)c1cc(Cl)c2c(c1)OCCO2. The molecule has 2 amide bonds. The maximum Gasteiger partial charge on any atom is 0.252 e. The minimum Gasteiger partial charge on any atom is -0.486 e. The van der Waals surface area contributed by atoms with Gasteiger partial charge in [0, 0.05) is 12.1 Å². The maximum absolute atomic E-state index is 12.4. The second-order valence-electron chi connectivity index (χ2n) is 5.30. The monoisotopic (exact) mass is 324 g/mol. The molecule has 22 heavy (non-hydrogen) atoms. The highest BCUT2D eigenvalue weighted by Gasteiger charge is 2.25. The van der Waals surface area contributed by atoms with Gasteiger partial charge in [0.25, 0.3) is 5.91 Å². The molecule has 1 aromatic carbocycles. The van der Waals surface area contributed by atoms with Gasteiger partial charge in [-0.1, -0.05) is 11.6 Å². The van der Waals surface area contributed by atoms with Gasteiger partial charge in [-0.05, 0) is 31.4 Å². The molecule has 118 valence electrons. The third kappa shape index (κ3) is 3.11. The van der Waals surface area contributed by atoms with E-state index in [1.54, 1.807) is 6.07 Å². The number of hydrogen-bond donors (Lipinski definition) is 2. The number of benzene rings is 1. The van der Waals surface area contributed by atoms with Crippen LogP contribution in [0.2, 0.25) is 5.02 Å². The van der Waals surface area contributed by atoms with E-state index < -0.39 is 6.04 Å². The van der Waals surface area contributed by atoms with E-state index in [1.807, 2.05) is 0 Å². The second-order valence-corrected chi connectivity index (χ2v) is 5.70. The highest BCUT2D eigenvalue weighted by Crippen LogP contribution is 2.38. The van der Waals surface area contributed by atoms with Gasteiger partial charge in [-0.15, -0.1) is 0 Å². The molecular formula is C15H17ClN2O4. The summed E-state index contributed by atoms with van der Waals surface area (Å²) < 4.78 is 10.9. The summed E-state index contributed by atoms with van der Waals surface area (Å²) in [5.41, 5.74) is 0.353. The predicted octanol–water partition coefficient (Wildman–Crippen LogP) is 1.51. The Hall–Kier alpha value is -1.95. The Morgan fingerprint density at radius 1 is 1.27 bits per heavy atom. The number of carbonyl (C=O) groups excluding carboxylic acids is 2. The van der Waals surface area contributed by atoms with Crippen molar-refractivity contribution in [2.24, 2.45) is 0 Å². The molecule has 2 aliphatic rings. The zero-order valence-corrected chi connectivity index (χ0v) is 12.7. The van der Waals surface area contributed by atoms with Crippen LogP contribution in [0.3, 0.4) is 0 Å². The summed E-state index contributed by atoms with van der Waals surface area (Å²) in [5, 5.41) is 5.87. The molecule has 1 fully saturated rings. The summed E-state index contributed by atoms with van der Waals surface area (Å²) in [6.45, 7) is 1.50. The van der Waals surface area contributed by atoms with E-state index in [0.29, 0.717) is 48.3 Å². The number of halogens is 1. The van der Waals surface area contributed by atoms with Gasteiger partial charge < -0.3 is 20.1 Å². The summed E-state index contributed by atoms with van der Waals surface area (Å²) in [6.07, 6.45) is 2.45. The van der Waals surface area contributed by atoms with Gasteiger partial charge in [-0.3, -0.25) is 9.59 Å². The maximum atomic E-state index is 12.4. The lowest BCUT2D eigenvalue weighted by atomic mass is 10.1. The molecule has 1 saturated heterocycles. The normalized spacial score (nSPS) is 20.8. The third-order valence-electron chi connectivity index (χ3n) is 3.70. The van der Waals surface area contributed by atoms with Gasteiger partial charge >= 0.3 is 0 Å². The fraction of sp³-hybridized carbons (Fsp3) is 0.467. The van der Waals surface area contributed by atoms with Gasteiger partial charge in [0.2, 0.25) is 5.91 Å². The molecule has 0 spiro atoms. The van der Waals surface area contributed by atoms with Crippen molar-refractivity contribution >= 4 is 23.4 Å². The van der Waals surface area contributed by atoms with Crippen LogP contribution in [0.15, 0.2) is 12.1 Å². The predicted molar refractivity (Wildman–Crippen MR) is 80.6 cm³/mol. The van der Waals surface area contributed by atoms with Crippen LogP contribution in [0.5, 0.6) is 11.5 Å². The van der Waals surface area contributed by atoms with Crippen molar-refractivity contribution in [1.82, 2.24) is 10.6 Å². The molecule has 7 heteroatoms. The summed E-state index contributed by atoms with van der Waals surface area (Å²) in [7, 11) is 0. The molecule has 0 aromatic heterocycles. The Morgan fingerprint density at radius 3 is 2.95 bits per heavy atom. The van der Waals surface area contributed by atoms with E-state index in [1.165, 1.54) is 6.07 Å². The first-order valence-electron chi connectivity index (χ1n) is 7.33. The minimum absolute atomic E-state index is 0.144. The van der Waals surface area contributed by atoms with E-state index in [0.717, 1.165) is 12.8 Å². The summed E-state index contributed by atoms with van der Waals surface area (Å²) in [4.78, 5) is 24.2. The molecule has 0 bridgehead atoms. The quantitative estimate of drug-likeness (QED) is 0.864. The molecule has 0 aliphatic carbocycles. The first-order chi connectivity index (χ1) is 10.6. The number of carbonyl (C=O) groups is 2. The average molecular weight is 325 g/mol. The Kier molecular flexibility index (Phi) is 4.38. The number of fused-ring (bicyclic) bond motifs is 1. The van der Waals surface area contributed by atoms with Crippen molar-refractivity contribution in [3.05, 3.63) is 22.7 Å². The lowest BCUT2D eigenvalue weighted by molar-refractivity contribution is -0.122. The van der Waals surface area contributed by atoms with E-state index in [4.69, 9.17) is 21.1 Å². The van der Waals surface area contributed by atoms with E-state index in [2.05, 4.69) is 10.6 Å². The summed E-state index contributed by atoms with van der Waals surface area (Å²) in [5.74, 6) is 0.418. The Morgan fingerprint density at radius 2 is 2.09 bits per heavy atom. The van der Waals surface area contributed by atoms with Gasteiger partial charge in [0.1, 0.15) is 19.3 Å². The van der Waals surface area contributed by atoms with Gasteiger partial charge in [-0.2, -0.15) is 0 Å². The Labute approximate surface area is 133 Å². The minimum atomic E-state index is -0.512. The van der Waals surface area contributed by atoms with E-state index in [-0.39, 0.29) is 11.8 Å². The zero-order chi connectivity index (χ0) is 15.5. The van der Waals surface area contributed by atoms with Gasteiger partial charge in [0.05, 0.1) is 5.02 Å². The standard InChI is InChI=1S/C15H17ClN2O4/c16-10-7-9(8-12-13(10)22-6-5-21-12)14(19)18-11-3-1-2-4-17-15(11)20/h7-8,11H,1-6H2,(H,17,20)(H,18,19). The molecule has 2 N–H and O–H groups in total. The third-order valence-corrected chi connectivity index (χ3v) is 3.98. The smallest absolute Gasteiger partial charge is 0.252 e. The number of amides is 2. The largest absolute Gasteiger partial charge is 0.486 e. The zero-order valence-electron chi connectivity index (χ0n) is 12.0. The van der Waals surface area contributed by atoms with Crippen molar-refractivity contribution in [1.29, 1.82) is 0 Å². The van der Waals surface area contributed by atoms with Crippen LogP contribution in [-0.2, 0) is 4.79 Å². The molecule has 1 unspecified atom stereocenters. The van der Waals surface area contributed by atoms with Crippen LogP contribution in [0.25, 0.3) is 0 Å². The van der Waals surface area contributed by atoms with Crippen LogP contribution in [-0.4, -0.2) is 37.6 Å². The molecule has 1 aromatic rings. The van der Waals surface area contributed by atoms with Crippen molar-refractivity contribution in [3.8, 4) is 11.5 Å². The Balaban J connectivity index is 1.77. The first-order valence-corrected chi connectivity index (χ1v) is 7.70.